The van der Waals surface area contributed by atoms with Gasteiger partial charge in [-0.3, -0.25) is 9.59 Å². The molecule has 148 valence electrons. The average molecular weight is 391 g/mol. The quantitative estimate of drug-likeness (QED) is 0.591. The van der Waals surface area contributed by atoms with Crippen LogP contribution in [0, 0.1) is 6.92 Å². The predicted octanol–water partition coefficient (Wildman–Crippen LogP) is 3.75. The number of aryl methyl sites for hydroxylation is 1. The number of rotatable bonds is 6. The predicted molar refractivity (Wildman–Crippen MR) is 112 cm³/mol. The third-order valence-electron chi connectivity index (χ3n) is 3.96. The first-order valence-electron chi connectivity index (χ1n) is 8.87. The van der Waals surface area contributed by atoms with Crippen molar-refractivity contribution in [2.75, 3.05) is 23.1 Å². The molecule has 0 unspecified atom stereocenters. The van der Waals surface area contributed by atoms with Crippen molar-refractivity contribution >= 4 is 34.7 Å². The molecular weight excluding hydrogens is 370 g/mol. The van der Waals surface area contributed by atoms with Crippen LogP contribution in [-0.4, -0.2) is 28.9 Å². The lowest BCUT2D eigenvalue weighted by Crippen LogP contribution is -2.15. The fraction of sp³-hybridized carbons (Fsp3) is 0.143. The van der Waals surface area contributed by atoms with Crippen molar-refractivity contribution in [3.05, 3.63) is 66.1 Å². The molecule has 0 aliphatic carbocycles. The maximum absolute atomic E-state index is 12.6. The molecule has 3 rings (SSSR count). The Hall–Kier alpha value is -3.94. The highest BCUT2D eigenvalue weighted by Crippen LogP contribution is 2.26. The van der Waals surface area contributed by atoms with Crippen LogP contribution in [0.15, 0.2) is 54.9 Å². The fourth-order valence-electron chi connectivity index (χ4n) is 2.68. The van der Waals surface area contributed by atoms with Crippen LogP contribution < -0.4 is 20.7 Å². The molecule has 0 atom stereocenters. The first-order chi connectivity index (χ1) is 13.9. The van der Waals surface area contributed by atoms with E-state index in [0.29, 0.717) is 28.6 Å². The summed E-state index contributed by atoms with van der Waals surface area (Å²) in [7, 11) is 1.54. The summed E-state index contributed by atoms with van der Waals surface area (Å²) in [6, 6.07) is 14.2. The number of anilines is 4. The summed E-state index contributed by atoms with van der Waals surface area (Å²) < 4.78 is 5.29. The van der Waals surface area contributed by atoms with Gasteiger partial charge in [0.15, 0.2) is 0 Å². The summed E-state index contributed by atoms with van der Waals surface area (Å²) in [5.74, 6) is 0.466. The highest BCUT2D eigenvalue weighted by atomic mass is 16.5. The second-order valence-electron chi connectivity index (χ2n) is 6.33. The third kappa shape index (κ3) is 5.29. The minimum Gasteiger partial charge on any atom is -0.495 e. The van der Waals surface area contributed by atoms with Crippen LogP contribution in [0.3, 0.4) is 0 Å². The van der Waals surface area contributed by atoms with Crippen molar-refractivity contribution in [1.82, 2.24) is 9.97 Å². The highest BCUT2D eigenvalue weighted by molar-refractivity contribution is 6.04. The van der Waals surface area contributed by atoms with Crippen molar-refractivity contribution in [2.45, 2.75) is 13.8 Å². The summed E-state index contributed by atoms with van der Waals surface area (Å²) in [6.07, 6.45) is 1.31. The molecule has 1 heterocycles. The van der Waals surface area contributed by atoms with Crippen LogP contribution in [0.2, 0.25) is 0 Å². The summed E-state index contributed by atoms with van der Waals surface area (Å²) in [5, 5.41) is 8.63. The normalized spacial score (nSPS) is 10.2. The first-order valence-corrected chi connectivity index (χ1v) is 8.87. The molecule has 0 bridgehead atoms. The maximum Gasteiger partial charge on any atom is 0.274 e. The molecule has 0 aliphatic rings. The van der Waals surface area contributed by atoms with E-state index < -0.39 is 0 Å². The Balaban J connectivity index is 1.77. The van der Waals surface area contributed by atoms with Gasteiger partial charge in [-0.05, 0) is 42.8 Å². The Morgan fingerprint density at radius 1 is 0.966 bits per heavy atom. The summed E-state index contributed by atoms with van der Waals surface area (Å²) >= 11 is 0. The lowest BCUT2D eigenvalue weighted by molar-refractivity contribution is -0.114. The van der Waals surface area contributed by atoms with Crippen LogP contribution in [0.4, 0.5) is 22.9 Å². The van der Waals surface area contributed by atoms with Gasteiger partial charge in [-0.25, -0.2) is 9.97 Å². The van der Waals surface area contributed by atoms with Gasteiger partial charge in [-0.2, -0.15) is 0 Å². The first kappa shape index (κ1) is 19.8. The Labute approximate surface area is 168 Å². The minimum absolute atomic E-state index is 0.158. The molecule has 0 saturated heterocycles. The van der Waals surface area contributed by atoms with Gasteiger partial charge in [0.1, 0.15) is 23.6 Å². The van der Waals surface area contributed by atoms with E-state index in [1.807, 2.05) is 25.1 Å². The van der Waals surface area contributed by atoms with Gasteiger partial charge >= 0.3 is 0 Å². The zero-order chi connectivity index (χ0) is 20.8. The van der Waals surface area contributed by atoms with Gasteiger partial charge in [-0.1, -0.05) is 12.1 Å². The molecule has 8 nitrogen and oxygen atoms in total. The lowest BCUT2D eigenvalue weighted by atomic mass is 10.2. The second kappa shape index (κ2) is 8.83. The van der Waals surface area contributed by atoms with Crippen molar-refractivity contribution in [2.24, 2.45) is 0 Å². The van der Waals surface area contributed by atoms with E-state index in [-0.39, 0.29) is 17.5 Å². The molecular formula is C21H21N5O3. The van der Waals surface area contributed by atoms with E-state index in [1.54, 1.807) is 37.4 Å². The number of aromatic nitrogens is 2. The molecule has 0 aliphatic heterocycles. The molecule has 0 spiro atoms. The van der Waals surface area contributed by atoms with Gasteiger partial charge in [0.05, 0.1) is 12.8 Å². The minimum atomic E-state index is -0.383. The molecule has 3 N–H and O–H groups in total. The number of carbonyl (C=O) groups excluding carboxylic acids is 2. The van der Waals surface area contributed by atoms with E-state index in [0.717, 1.165) is 5.56 Å². The van der Waals surface area contributed by atoms with Crippen molar-refractivity contribution in [1.29, 1.82) is 0 Å². The molecule has 1 aromatic heterocycles. The van der Waals surface area contributed by atoms with Crippen LogP contribution in [0.5, 0.6) is 5.75 Å². The smallest absolute Gasteiger partial charge is 0.274 e. The summed E-state index contributed by atoms with van der Waals surface area (Å²) in [4.78, 5) is 32.1. The van der Waals surface area contributed by atoms with Crippen LogP contribution in [0.25, 0.3) is 0 Å². The SMILES string of the molecule is COc1ccc(C)cc1NC(=O)c1cc(Nc2cccc(NC(C)=O)c2)ncn1. The average Bonchev–Trinajstić information content (AvgIpc) is 2.68. The number of hydrogen-bond donors (Lipinski definition) is 3. The third-order valence-corrected chi connectivity index (χ3v) is 3.96. The van der Waals surface area contributed by atoms with Gasteiger partial charge in [0, 0.05) is 24.4 Å². The number of benzene rings is 2. The number of nitrogens with zero attached hydrogens (tertiary/aromatic N) is 2. The molecule has 29 heavy (non-hydrogen) atoms. The molecule has 0 saturated carbocycles. The van der Waals surface area contributed by atoms with Gasteiger partial charge < -0.3 is 20.7 Å². The molecule has 3 aromatic rings. The van der Waals surface area contributed by atoms with E-state index in [9.17, 15) is 9.59 Å². The van der Waals surface area contributed by atoms with Crippen LogP contribution in [-0.2, 0) is 4.79 Å². The van der Waals surface area contributed by atoms with Crippen molar-refractivity contribution in [3.8, 4) is 5.75 Å². The zero-order valence-corrected chi connectivity index (χ0v) is 16.3. The topological polar surface area (TPSA) is 105 Å². The Kier molecular flexibility index (Phi) is 6.03. The molecule has 0 radical (unpaired) electrons. The highest BCUT2D eigenvalue weighted by Gasteiger charge is 2.12. The number of nitrogens with one attached hydrogen (secondary N) is 3. The standard InChI is InChI=1S/C21H21N5O3/c1-13-7-8-19(29-3)17(9-13)26-21(28)18-11-20(23-12-22-18)25-16-6-4-5-15(10-16)24-14(2)27/h4-12H,1-3H3,(H,24,27)(H,26,28)(H,22,23,25). The van der Waals surface area contributed by atoms with E-state index in [1.165, 1.54) is 13.3 Å². The molecule has 2 aromatic carbocycles. The largest absolute Gasteiger partial charge is 0.495 e. The number of carbonyl (C=O) groups is 2. The van der Waals surface area contributed by atoms with Gasteiger partial charge in [0.2, 0.25) is 5.91 Å². The maximum atomic E-state index is 12.6. The molecule has 0 fully saturated rings. The zero-order valence-electron chi connectivity index (χ0n) is 16.3. The number of hydrogen-bond acceptors (Lipinski definition) is 6. The fourth-order valence-corrected chi connectivity index (χ4v) is 2.68. The van der Waals surface area contributed by atoms with Gasteiger partial charge in [-0.15, -0.1) is 0 Å². The number of amides is 2. The molecule has 8 heteroatoms. The van der Waals surface area contributed by atoms with Gasteiger partial charge in [0.25, 0.3) is 5.91 Å². The van der Waals surface area contributed by atoms with Crippen LogP contribution in [0.1, 0.15) is 23.0 Å². The number of ether oxygens (including phenoxy) is 1. The Morgan fingerprint density at radius 2 is 1.76 bits per heavy atom. The number of methoxy groups -OCH3 is 1. The second-order valence-corrected chi connectivity index (χ2v) is 6.33. The Bertz CT molecular complexity index is 1050. The van der Waals surface area contributed by atoms with E-state index in [2.05, 4.69) is 25.9 Å². The Morgan fingerprint density at radius 3 is 2.52 bits per heavy atom. The van der Waals surface area contributed by atoms with E-state index in [4.69, 9.17) is 4.74 Å². The summed E-state index contributed by atoms with van der Waals surface area (Å²) in [6.45, 7) is 3.37. The summed E-state index contributed by atoms with van der Waals surface area (Å²) in [5.41, 5.74) is 3.12. The van der Waals surface area contributed by atoms with Crippen molar-refractivity contribution < 1.29 is 14.3 Å². The van der Waals surface area contributed by atoms with Crippen LogP contribution >= 0.6 is 0 Å². The van der Waals surface area contributed by atoms with E-state index >= 15 is 0 Å². The molecule has 2 amide bonds. The van der Waals surface area contributed by atoms with Crippen molar-refractivity contribution in [3.63, 3.8) is 0 Å². The lowest BCUT2D eigenvalue weighted by Gasteiger charge is -2.11. The monoisotopic (exact) mass is 391 g/mol.